The number of halogens is 1. The average molecular weight is 341 g/mol. The van der Waals surface area contributed by atoms with Crippen LogP contribution < -0.4 is 5.32 Å². The number of benzene rings is 1. The van der Waals surface area contributed by atoms with E-state index in [1.165, 1.54) is 17.1 Å². The van der Waals surface area contributed by atoms with Gasteiger partial charge >= 0.3 is 0 Å². The van der Waals surface area contributed by atoms with Crippen molar-refractivity contribution in [3.63, 3.8) is 0 Å². The van der Waals surface area contributed by atoms with E-state index in [0.29, 0.717) is 0 Å². The van der Waals surface area contributed by atoms with E-state index in [1.807, 2.05) is 6.07 Å². The van der Waals surface area contributed by atoms with Crippen molar-refractivity contribution < 1.29 is 0 Å². The van der Waals surface area contributed by atoms with E-state index in [-0.39, 0.29) is 0 Å². The molecule has 0 bridgehead atoms. The van der Waals surface area contributed by atoms with E-state index < -0.39 is 0 Å². The molecule has 2 aromatic rings. The molecule has 2 rings (SSSR count). The van der Waals surface area contributed by atoms with Crippen LogP contribution in [0.25, 0.3) is 0 Å². The van der Waals surface area contributed by atoms with E-state index in [4.69, 9.17) is 0 Å². The lowest BCUT2D eigenvalue weighted by atomic mass is 10.2. The molecule has 102 valence electrons. The van der Waals surface area contributed by atoms with E-state index >= 15 is 0 Å². The maximum absolute atomic E-state index is 4.19. The number of hydrogen-bond donors (Lipinski definition) is 1. The van der Waals surface area contributed by atoms with Crippen molar-refractivity contribution in [2.75, 3.05) is 18.9 Å². The van der Waals surface area contributed by atoms with Crippen LogP contribution >= 0.6 is 27.5 Å². The quantitative estimate of drug-likeness (QED) is 0.875. The monoisotopic (exact) mass is 340 g/mol. The molecule has 19 heavy (non-hydrogen) atoms. The van der Waals surface area contributed by atoms with Gasteiger partial charge in [-0.1, -0.05) is 32.6 Å². The Morgan fingerprint density at radius 2 is 2.21 bits per heavy atom. The number of anilines is 1. The van der Waals surface area contributed by atoms with Gasteiger partial charge in [-0.3, -0.25) is 4.90 Å². The van der Waals surface area contributed by atoms with Crippen LogP contribution in [-0.2, 0) is 13.1 Å². The van der Waals surface area contributed by atoms with E-state index in [9.17, 15) is 0 Å². The van der Waals surface area contributed by atoms with E-state index in [0.717, 1.165) is 34.8 Å². The van der Waals surface area contributed by atoms with Crippen LogP contribution in [-0.4, -0.2) is 28.1 Å². The third-order valence-electron chi connectivity index (χ3n) is 2.65. The number of nitrogens with zero attached hydrogens (tertiary/aromatic N) is 3. The molecular formula is C13H17BrN4S. The van der Waals surface area contributed by atoms with Crippen molar-refractivity contribution in [1.82, 2.24) is 14.5 Å². The van der Waals surface area contributed by atoms with Crippen molar-refractivity contribution in [2.45, 2.75) is 20.0 Å². The largest absolute Gasteiger partial charge is 0.374 e. The first kappa shape index (κ1) is 14.4. The van der Waals surface area contributed by atoms with Crippen molar-refractivity contribution in [1.29, 1.82) is 0 Å². The Bertz CT molecular complexity index is 529. The summed E-state index contributed by atoms with van der Waals surface area (Å²) in [6, 6.07) is 8.37. The topological polar surface area (TPSA) is 41.1 Å². The Kier molecular flexibility index (Phi) is 5.30. The molecule has 0 radical (unpaired) electrons. The first-order valence-electron chi connectivity index (χ1n) is 6.17. The van der Waals surface area contributed by atoms with Crippen molar-refractivity contribution in [2.24, 2.45) is 0 Å². The van der Waals surface area contributed by atoms with Gasteiger partial charge in [0, 0.05) is 35.6 Å². The van der Waals surface area contributed by atoms with E-state index in [2.05, 4.69) is 67.9 Å². The standard InChI is InChI=1S/C13H17BrN4S/c1-3-15-13-12(16-17-19-13)9-18(2)8-10-5-4-6-11(14)7-10/h4-7,15H,3,8-9H2,1-2H3. The number of hydrogen-bond acceptors (Lipinski definition) is 5. The summed E-state index contributed by atoms with van der Waals surface area (Å²) < 4.78 is 5.12. The van der Waals surface area contributed by atoms with Gasteiger partial charge in [-0.05, 0) is 31.7 Å². The first-order valence-corrected chi connectivity index (χ1v) is 7.73. The van der Waals surface area contributed by atoms with Crippen LogP contribution in [0, 0.1) is 0 Å². The molecule has 0 amide bonds. The minimum atomic E-state index is 0.797. The Morgan fingerprint density at radius 1 is 1.37 bits per heavy atom. The minimum Gasteiger partial charge on any atom is -0.374 e. The molecule has 0 spiro atoms. The fourth-order valence-corrected chi connectivity index (χ4v) is 2.95. The van der Waals surface area contributed by atoms with Crippen molar-refractivity contribution in [3.05, 3.63) is 40.0 Å². The predicted molar refractivity (Wildman–Crippen MR) is 83.4 cm³/mol. The maximum Gasteiger partial charge on any atom is 0.134 e. The highest BCUT2D eigenvalue weighted by molar-refractivity contribution is 9.10. The van der Waals surface area contributed by atoms with Gasteiger partial charge in [0.15, 0.2) is 0 Å². The van der Waals surface area contributed by atoms with Crippen molar-refractivity contribution >= 4 is 32.5 Å². The molecule has 1 aromatic carbocycles. The van der Waals surface area contributed by atoms with Gasteiger partial charge in [-0.25, -0.2) is 0 Å². The summed E-state index contributed by atoms with van der Waals surface area (Å²) in [5, 5.41) is 8.56. The summed E-state index contributed by atoms with van der Waals surface area (Å²) in [5.41, 5.74) is 2.30. The molecule has 6 heteroatoms. The van der Waals surface area contributed by atoms with Crippen LogP contribution in [0.2, 0.25) is 0 Å². The summed E-state index contributed by atoms with van der Waals surface area (Å²) in [6.07, 6.45) is 0. The zero-order chi connectivity index (χ0) is 13.7. The second-order valence-corrected chi connectivity index (χ2v) is 6.05. The van der Waals surface area contributed by atoms with E-state index in [1.54, 1.807) is 0 Å². The number of nitrogens with one attached hydrogen (secondary N) is 1. The van der Waals surface area contributed by atoms with Crippen LogP contribution in [0.4, 0.5) is 5.00 Å². The summed E-state index contributed by atoms with van der Waals surface area (Å²) >= 11 is 4.91. The second-order valence-electron chi connectivity index (χ2n) is 4.38. The lowest BCUT2D eigenvalue weighted by Gasteiger charge is -2.16. The lowest BCUT2D eigenvalue weighted by molar-refractivity contribution is 0.315. The van der Waals surface area contributed by atoms with Gasteiger partial charge in [0.05, 0.1) is 0 Å². The molecule has 0 unspecified atom stereocenters. The normalized spacial score (nSPS) is 10.9. The predicted octanol–water partition coefficient (Wildman–Crippen LogP) is 3.36. The Balaban J connectivity index is 1.97. The molecule has 1 aromatic heterocycles. The first-order chi connectivity index (χ1) is 9.19. The van der Waals surface area contributed by atoms with Crippen LogP contribution in [0.15, 0.2) is 28.7 Å². The highest BCUT2D eigenvalue weighted by atomic mass is 79.9. The molecule has 0 aliphatic rings. The highest BCUT2D eigenvalue weighted by Gasteiger charge is 2.10. The fraction of sp³-hybridized carbons (Fsp3) is 0.385. The van der Waals surface area contributed by atoms with Gasteiger partial charge in [0.2, 0.25) is 0 Å². The summed E-state index contributed by atoms with van der Waals surface area (Å²) in [5.74, 6) is 0. The van der Waals surface area contributed by atoms with Gasteiger partial charge in [-0.2, -0.15) is 0 Å². The highest BCUT2D eigenvalue weighted by Crippen LogP contribution is 2.20. The summed E-state index contributed by atoms with van der Waals surface area (Å²) in [6.45, 7) is 4.66. The average Bonchev–Trinajstić information content (AvgIpc) is 2.77. The molecule has 1 heterocycles. The third kappa shape index (κ3) is 4.26. The Hall–Kier alpha value is -0.980. The molecule has 0 saturated heterocycles. The van der Waals surface area contributed by atoms with Gasteiger partial charge in [0.1, 0.15) is 10.7 Å². The Labute approximate surface area is 126 Å². The molecule has 0 fully saturated rings. The fourth-order valence-electron chi connectivity index (χ4n) is 1.87. The zero-order valence-corrected chi connectivity index (χ0v) is 13.5. The molecule has 0 aliphatic carbocycles. The minimum absolute atomic E-state index is 0.797. The smallest absolute Gasteiger partial charge is 0.134 e. The van der Waals surface area contributed by atoms with Crippen LogP contribution in [0.5, 0.6) is 0 Å². The van der Waals surface area contributed by atoms with Crippen LogP contribution in [0.3, 0.4) is 0 Å². The SMILES string of the molecule is CCNc1snnc1CN(C)Cc1cccc(Br)c1. The van der Waals surface area contributed by atoms with Crippen LogP contribution in [0.1, 0.15) is 18.2 Å². The molecular weight excluding hydrogens is 324 g/mol. The van der Waals surface area contributed by atoms with Gasteiger partial charge < -0.3 is 5.32 Å². The molecule has 4 nitrogen and oxygen atoms in total. The number of rotatable bonds is 6. The molecule has 1 N–H and O–H groups in total. The van der Waals surface area contributed by atoms with Crippen molar-refractivity contribution in [3.8, 4) is 0 Å². The lowest BCUT2D eigenvalue weighted by Crippen LogP contribution is -2.18. The Morgan fingerprint density at radius 3 is 2.95 bits per heavy atom. The summed E-state index contributed by atoms with van der Waals surface area (Å²) in [4.78, 5) is 2.24. The second kappa shape index (κ2) is 6.98. The summed E-state index contributed by atoms with van der Waals surface area (Å²) in [7, 11) is 2.09. The molecule has 0 saturated carbocycles. The maximum atomic E-state index is 4.19. The zero-order valence-electron chi connectivity index (χ0n) is 11.1. The van der Waals surface area contributed by atoms with Gasteiger partial charge in [-0.15, -0.1) is 5.10 Å². The molecule has 0 atom stereocenters. The number of aromatic nitrogens is 2. The van der Waals surface area contributed by atoms with Gasteiger partial charge in [0.25, 0.3) is 0 Å². The molecule has 0 aliphatic heterocycles. The third-order valence-corrected chi connectivity index (χ3v) is 3.87.